The third-order valence-corrected chi connectivity index (χ3v) is 7.86. The predicted molar refractivity (Wildman–Crippen MR) is 101 cm³/mol. The van der Waals surface area contributed by atoms with Crippen LogP contribution in [-0.2, 0) is 14.8 Å². The summed E-state index contributed by atoms with van der Waals surface area (Å²) in [5.41, 5.74) is 0. The van der Waals surface area contributed by atoms with Crippen LogP contribution in [0.25, 0.3) is 0 Å². The van der Waals surface area contributed by atoms with E-state index in [1.807, 2.05) is 0 Å². The highest BCUT2D eigenvalue weighted by Gasteiger charge is 2.33. The number of carbonyl (C=O) groups is 2. The second kappa shape index (κ2) is 8.57. The van der Waals surface area contributed by atoms with Crippen LogP contribution >= 0.6 is 11.3 Å². The predicted octanol–water partition coefficient (Wildman–Crippen LogP) is 1.88. The Morgan fingerprint density at radius 2 is 1.89 bits per heavy atom. The number of rotatable bonds is 5. The summed E-state index contributed by atoms with van der Waals surface area (Å²) in [6, 6.07) is 1.42. The quantitative estimate of drug-likeness (QED) is 0.792. The zero-order chi connectivity index (χ0) is 19.4. The molecule has 2 amide bonds. The number of nitrogens with one attached hydrogen (secondary N) is 1. The van der Waals surface area contributed by atoms with Crippen molar-refractivity contribution in [3.05, 3.63) is 16.3 Å². The van der Waals surface area contributed by atoms with Crippen LogP contribution < -0.4 is 5.32 Å². The van der Waals surface area contributed by atoms with Crippen LogP contribution in [-0.4, -0.2) is 68.5 Å². The SMILES string of the molecule is CCOC(=O)N1CCC(NC(=O)c2sccc2S(=O)(=O)N2CCCC2)CC1. The molecular weight excluding hydrogens is 390 g/mol. The summed E-state index contributed by atoms with van der Waals surface area (Å²) in [6.07, 6.45) is 2.60. The molecule has 10 heteroatoms. The Morgan fingerprint density at radius 1 is 1.22 bits per heavy atom. The highest BCUT2D eigenvalue weighted by Crippen LogP contribution is 2.28. The van der Waals surface area contributed by atoms with E-state index >= 15 is 0 Å². The second-order valence-electron chi connectivity index (χ2n) is 6.66. The van der Waals surface area contributed by atoms with Gasteiger partial charge in [0.15, 0.2) is 0 Å². The largest absolute Gasteiger partial charge is 0.450 e. The molecule has 3 rings (SSSR count). The zero-order valence-electron chi connectivity index (χ0n) is 15.3. The van der Waals surface area contributed by atoms with Gasteiger partial charge in [0.2, 0.25) is 10.0 Å². The summed E-state index contributed by atoms with van der Waals surface area (Å²) in [7, 11) is -3.62. The molecule has 0 spiro atoms. The summed E-state index contributed by atoms with van der Waals surface area (Å²) >= 11 is 1.14. The third kappa shape index (κ3) is 4.44. The molecule has 3 heterocycles. The Balaban J connectivity index is 1.62. The van der Waals surface area contributed by atoms with Gasteiger partial charge >= 0.3 is 6.09 Å². The molecule has 2 fully saturated rings. The molecule has 1 aromatic heterocycles. The van der Waals surface area contributed by atoms with Crippen LogP contribution in [0, 0.1) is 0 Å². The lowest BCUT2D eigenvalue weighted by Gasteiger charge is -2.31. The molecular formula is C17H25N3O5S2. The number of ether oxygens (including phenoxy) is 1. The Morgan fingerprint density at radius 3 is 2.52 bits per heavy atom. The van der Waals surface area contributed by atoms with Crippen molar-refractivity contribution in [2.24, 2.45) is 0 Å². The third-order valence-electron chi connectivity index (χ3n) is 4.87. The fourth-order valence-electron chi connectivity index (χ4n) is 3.41. The van der Waals surface area contributed by atoms with Gasteiger partial charge in [-0.25, -0.2) is 13.2 Å². The molecule has 0 unspecified atom stereocenters. The highest BCUT2D eigenvalue weighted by atomic mass is 32.2. The monoisotopic (exact) mass is 415 g/mol. The van der Waals surface area contributed by atoms with Gasteiger partial charge in [0.1, 0.15) is 9.77 Å². The molecule has 0 aromatic carbocycles. The van der Waals surface area contributed by atoms with Crippen molar-refractivity contribution in [1.29, 1.82) is 0 Å². The molecule has 0 saturated carbocycles. The van der Waals surface area contributed by atoms with Crippen molar-refractivity contribution in [2.75, 3.05) is 32.8 Å². The van der Waals surface area contributed by atoms with Gasteiger partial charge in [0, 0.05) is 32.2 Å². The van der Waals surface area contributed by atoms with Crippen LogP contribution in [0.2, 0.25) is 0 Å². The molecule has 8 nitrogen and oxygen atoms in total. The Hall–Kier alpha value is -1.65. The molecule has 1 aromatic rings. The van der Waals surface area contributed by atoms with E-state index in [1.54, 1.807) is 17.2 Å². The van der Waals surface area contributed by atoms with Crippen LogP contribution in [0.1, 0.15) is 42.3 Å². The summed E-state index contributed by atoms with van der Waals surface area (Å²) in [5.74, 6) is -0.364. The van der Waals surface area contributed by atoms with Crippen LogP contribution in [0.5, 0.6) is 0 Å². The van der Waals surface area contributed by atoms with Gasteiger partial charge in [0.25, 0.3) is 5.91 Å². The molecule has 0 aliphatic carbocycles. The standard InChI is InChI=1S/C17H25N3O5S2/c1-2-25-17(22)19-10-5-13(6-11-19)18-16(21)15-14(7-12-26-15)27(23,24)20-8-3-4-9-20/h7,12-13H,2-6,8-11H2,1H3,(H,18,21). The lowest BCUT2D eigenvalue weighted by atomic mass is 10.1. The topological polar surface area (TPSA) is 96.0 Å². The van der Waals surface area contributed by atoms with Gasteiger partial charge in [-0.1, -0.05) is 0 Å². The number of amides is 2. The normalized spacial score (nSPS) is 19.2. The van der Waals surface area contributed by atoms with Gasteiger partial charge in [-0.05, 0) is 44.1 Å². The molecule has 0 radical (unpaired) electrons. The Bertz CT molecular complexity index is 778. The number of likely N-dealkylation sites (tertiary alicyclic amines) is 1. The maximum Gasteiger partial charge on any atom is 0.409 e. The lowest BCUT2D eigenvalue weighted by Crippen LogP contribution is -2.46. The van der Waals surface area contributed by atoms with E-state index in [2.05, 4.69) is 5.32 Å². The molecule has 2 saturated heterocycles. The highest BCUT2D eigenvalue weighted by molar-refractivity contribution is 7.89. The average molecular weight is 416 g/mol. The molecule has 27 heavy (non-hydrogen) atoms. The zero-order valence-corrected chi connectivity index (χ0v) is 17.0. The van der Waals surface area contributed by atoms with Gasteiger partial charge in [-0.2, -0.15) is 4.31 Å². The van der Waals surface area contributed by atoms with Crippen molar-refractivity contribution < 1.29 is 22.7 Å². The summed E-state index contributed by atoms with van der Waals surface area (Å²) < 4.78 is 32.0. The van der Waals surface area contributed by atoms with E-state index < -0.39 is 10.0 Å². The van der Waals surface area contributed by atoms with E-state index in [0.29, 0.717) is 45.6 Å². The van der Waals surface area contributed by atoms with Crippen molar-refractivity contribution >= 4 is 33.4 Å². The van der Waals surface area contributed by atoms with E-state index in [4.69, 9.17) is 4.74 Å². The minimum Gasteiger partial charge on any atom is -0.450 e. The fraction of sp³-hybridized carbons (Fsp3) is 0.647. The summed E-state index contributed by atoms with van der Waals surface area (Å²) in [6.45, 7) is 4.12. The number of nitrogens with zero attached hydrogens (tertiary/aromatic N) is 2. The van der Waals surface area contributed by atoms with Crippen LogP contribution in [0.3, 0.4) is 0 Å². The minimum atomic E-state index is -3.62. The summed E-state index contributed by atoms with van der Waals surface area (Å²) in [5, 5.41) is 4.57. The number of hydrogen-bond donors (Lipinski definition) is 1. The van der Waals surface area contributed by atoms with Crippen molar-refractivity contribution in [3.8, 4) is 0 Å². The van der Waals surface area contributed by atoms with Crippen molar-refractivity contribution in [1.82, 2.24) is 14.5 Å². The first kappa shape index (κ1) is 20.1. The van der Waals surface area contributed by atoms with E-state index in [9.17, 15) is 18.0 Å². The first-order chi connectivity index (χ1) is 12.9. The van der Waals surface area contributed by atoms with Crippen LogP contribution in [0.15, 0.2) is 16.3 Å². The molecule has 2 aliphatic heterocycles. The Labute approximate surface area is 163 Å². The molecule has 1 N–H and O–H groups in total. The molecule has 150 valence electrons. The first-order valence-electron chi connectivity index (χ1n) is 9.23. The molecule has 0 atom stereocenters. The molecule has 2 aliphatic rings. The lowest BCUT2D eigenvalue weighted by molar-refractivity contribution is 0.0860. The fourth-order valence-corrected chi connectivity index (χ4v) is 6.23. The summed E-state index contributed by atoms with van der Waals surface area (Å²) in [4.78, 5) is 26.4. The van der Waals surface area contributed by atoms with Gasteiger partial charge in [-0.15, -0.1) is 11.3 Å². The van der Waals surface area contributed by atoms with Gasteiger partial charge < -0.3 is 15.0 Å². The van der Waals surface area contributed by atoms with Gasteiger partial charge in [-0.3, -0.25) is 4.79 Å². The van der Waals surface area contributed by atoms with E-state index in [0.717, 1.165) is 24.2 Å². The van der Waals surface area contributed by atoms with Crippen LogP contribution in [0.4, 0.5) is 4.79 Å². The number of thiophene rings is 1. The maximum atomic E-state index is 12.8. The first-order valence-corrected chi connectivity index (χ1v) is 11.6. The number of sulfonamides is 1. The average Bonchev–Trinajstić information content (AvgIpc) is 3.35. The maximum absolute atomic E-state index is 12.8. The van der Waals surface area contributed by atoms with Crippen molar-refractivity contribution in [3.63, 3.8) is 0 Å². The number of carbonyl (C=O) groups excluding carboxylic acids is 2. The van der Waals surface area contributed by atoms with E-state index in [1.165, 1.54) is 10.4 Å². The number of hydrogen-bond acceptors (Lipinski definition) is 6. The van der Waals surface area contributed by atoms with Crippen molar-refractivity contribution in [2.45, 2.75) is 43.5 Å². The molecule has 0 bridgehead atoms. The number of piperidine rings is 1. The smallest absolute Gasteiger partial charge is 0.409 e. The van der Waals surface area contributed by atoms with Gasteiger partial charge in [0.05, 0.1) is 6.61 Å². The van der Waals surface area contributed by atoms with E-state index in [-0.39, 0.29) is 27.8 Å². The second-order valence-corrected chi connectivity index (χ2v) is 9.48. The Kier molecular flexibility index (Phi) is 6.38. The minimum absolute atomic E-state index is 0.0902.